The molecule has 0 radical (unpaired) electrons. The SMILES string of the molecule is COc1cc(-c2cnc3cc(-c4cnn(C5CN(CCC#N)C5)c4)ccn23)cc(OC)c1C(=O)NCC(F)(F)F. The summed E-state index contributed by atoms with van der Waals surface area (Å²) < 4.78 is 52.4. The molecule has 0 unspecified atom stereocenters. The number of hydrogen-bond donors (Lipinski definition) is 1. The third kappa shape index (κ3) is 5.43. The van der Waals surface area contributed by atoms with E-state index in [0.717, 1.165) is 30.8 Å². The maximum atomic E-state index is 12.6. The molecular formula is C27H26F3N7O3. The highest BCUT2D eigenvalue weighted by atomic mass is 19.4. The number of pyridine rings is 1. The van der Waals surface area contributed by atoms with Gasteiger partial charge in [0, 0.05) is 49.6 Å². The van der Waals surface area contributed by atoms with E-state index in [9.17, 15) is 18.0 Å². The Morgan fingerprint density at radius 2 is 1.85 bits per heavy atom. The first-order valence-electron chi connectivity index (χ1n) is 12.4. The first-order chi connectivity index (χ1) is 19.2. The lowest BCUT2D eigenvalue weighted by molar-refractivity contribution is -0.123. The van der Waals surface area contributed by atoms with Crippen molar-refractivity contribution in [2.45, 2.75) is 18.6 Å². The molecule has 1 aliphatic rings. The highest BCUT2D eigenvalue weighted by Crippen LogP contribution is 2.36. The number of nitrogens with one attached hydrogen (secondary N) is 1. The molecule has 1 aromatic carbocycles. The van der Waals surface area contributed by atoms with Crippen LogP contribution in [-0.4, -0.2) is 76.5 Å². The lowest BCUT2D eigenvalue weighted by atomic mass is 10.1. The van der Waals surface area contributed by atoms with E-state index in [1.807, 2.05) is 45.1 Å². The van der Waals surface area contributed by atoms with Crippen molar-refractivity contribution in [3.63, 3.8) is 0 Å². The number of nitrogens with zero attached hydrogens (tertiary/aromatic N) is 6. The predicted molar refractivity (Wildman–Crippen MR) is 139 cm³/mol. The Morgan fingerprint density at radius 1 is 1.12 bits per heavy atom. The third-order valence-electron chi connectivity index (χ3n) is 6.78. The normalized spacial score (nSPS) is 14.1. The standard InChI is InChI=1S/C27H26F3N7O3/c1-39-22-8-18(9-23(40-2)25(22)26(38)33-16-27(28,29)30)21-12-32-24-10-17(4-7-36(21)24)19-11-34-37(13-19)20-14-35(15-20)6-3-5-31/h4,7-13,20H,3,6,14-16H2,1-2H3,(H,33,38). The highest BCUT2D eigenvalue weighted by Gasteiger charge is 2.30. The molecule has 4 heterocycles. The molecule has 4 aromatic rings. The van der Waals surface area contributed by atoms with Gasteiger partial charge in [-0.05, 0) is 29.8 Å². The average Bonchev–Trinajstić information content (AvgIpc) is 3.57. The fourth-order valence-electron chi connectivity index (χ4n) is 4.71. The van der Waals surface area contributed by atoms with Gasteiger partial charge in [-0.3, -0.25) is 18.8 Å². The summed E-state index contributed by atoms with van der Waals surface area (Å²) in [6.45, 7) is 1.02. The van der Waals surface area contributed by atoms with Gasteiger partial charge in [0.05, 0.1) is 44.4 Å². The van der Waals surface area contributed by atoms with Crippen molar-refractivity contribution < 1.29 is 27.4 Å². The lowest BCUT2D eigenvalue weighted by Crippen LogP contribution is -2.47. The number of fused-ring (bicyclic) bond motifs is 1. The van der Waals surface area contributed by atoms with E-state index >= 15 is 0 Å². The number of nitriles is 1. The van der Waals surface area contributed by atoms with Crippen molar-refractivity contribution in [1.82, 2.24) is 29.4 Å². The van der Waals surface area contributed by atoms with Gasteiger partial charge in [0.25, 0.3) is 5.91 Å². The van der Waals surface area contributed by atoms with Crippen LogP contribution in [0.1, 0.15) is 22.8 Å². The molecule has 10 nitrogen and oxygen atoms in total. The Balaban J connectivity index is 1.39. The largest absolute Gasteiger partial charge is 0.496 e. The number of benzene rings is 1. The molecule has 0 spiro atoms. The van der Waals surface area contributed by atoms with Crippen molar-refractivity contribution in [2.24, 2.45) is 0 Å². The number of imidazole rings is 1. The minimum atomic E-state index is -4.55. The van der Waals surface area contributed by atoms with E-state index in [1.165, 1.54) is 14.2 Å². The Kier molecular flexibility index (Phi) is 7.36. The number of halogens is 3. The molecule has 1 aliphatic heterocycles. The lowest BCUT2D eigenvalue weighted by Gasteiger charge is -2.38. The maximum absolute atomic E-state index is 12.6. The molecule has 1 saturated heterocycles. The quantitative estimate of drug-likeness (QED) is 0.334. The molecule has 0 bridgehead atoms. The topological polar surface area (TPSA) is 110 Å². The van der Waals surface area contributed by atoms with Crippen molar-refractivity contribution >= 4 is 11.6 Å². The van der Waals surface area contributed by atoms with Gasteiger partial charge in [0.1, 0.15) is 29.3 Å². The number of methoxy groups -OCH3 is 2. The van der Waals surface area contributed by atoms with Crippen LogP contribution in [-0.2, 0) is 0 Å². The molecular weight excluding hydrogens is 527 g/mol. The smallest absolute Gasteiger partial charge is 0.405 e. The fourth-order valence-corrected chi connectivity index (χ4v) is 4.71. The highest BCUT2D eigenvalue weighted by molar-refractivity contribution is 6.00. The summed E-state index contributed by atoms with van der Waals surface area (Å²) >= 11 is 0. The first kappa shape index (κ1) is 27.0. The predicted octanol–water partition coefficient (Wildman–Crippen LogP) is 3.94. The van der Waals surface area contributed by atoms with Crippen LogP contribution in [0.25, 0.3) is 28.0 Å². The van der Waals surface area contributed by atoms with Crippen molar-refractivity contribution in [1.29, 1.82) is 5.26 Å². The number of hydrogen-bond acceptors (Lipinski definition) is 7. The Morgan fingerprint density at radius 3 is 2.50 bits per heavy atom. The zero-order valence-corrected chi connectivity index (χ0v) is 21.8. The number of amides is 1. The fraction of sp³-hybridized carbons (Fsp3) is 0.333. The van der Waals surface area contributed by atoms with E-state index < -0.39 is 18.6 Å². The monoisotopic (exact) mass is 553 g/mol. The van der Waals surface area contributed by atoms with Crippen LogP contribution < -0.4 is 14.8 Å². The minimum Gasteiger partial charge on any atom is -0.496 e. The van der Waals surface area contributed by atoms with Crippen LogP contribution in [0.5, 0.6) is 11.5 Å². The molecule has 0 atom stereocenters. The number of alkyl halides is 3. The van der Waals surface area contributed by atoms with E-state index in [0.29, 0.717) is 23.3 Å². The second kappa shape index (κ2) is 10.9. The second-order valence-corrected chi connectivity index (χ2v) is 9.37. The van der Waals surface area contributed by atoms with Gasteiger partial charge in [-0.2, -0.15) is 23.5 Å². The average molecular weight is 554 g/mol. The summed E-state index contributed by atoms with van der Waals surface area (Å²) in [5.74, 6) is -0.830. The van der Waals surface area contributed by atoms with Crippen molar-refractivity contribution in [2.75, 3.05) is 40.4 Å². The van der Waals surface area contributed by atoms with Gasteiger partial charge in [0.15, 0.2) is 0 Å². The van der Waals surface area contributed by atoms with Gasteiger partial charge in [-0.15, -0.1) is 0 Å². The summed E-state index contributed by atoms with van der Waals surface area (Å²) in [5.41, 5.74) is 3.67. The second-order valence-electron chi connectivity index (χ2n) is 9.37. The summed E-state index contributed by atoms with van der Waals surface area (Å²) in [7, 11) is 2.65. The van der Waals surface area contributed by atoms with E-state index in [2.05, 4.69) is 21.1 Å². The van der Waals surface area contributed by atoms with Crippen LogP contribution in [0.2, 0.25) is 0 Å². The minimum absolute atomic E-state index is 0.0650. The number of carbonyl (C=O) groups is 1. The molecule has 208 valence electrons. The van der Waals surface area contributed by atoms with Crippen LogP contribution in [0, 0.1) is 11.3 Å². The first-order valence-corrected chi connectivity index (χ1v) is 12.4. The molecule has 40 heavy (non-hydrogen) atoms. The number of carbonyl (C=O) groups excluding carboxylic acids is 1. The van der Waals surface area contributed by atoms with E-state index in [4.69, 9.17) is 14.7 Å². The number of ether oxygens (including phenoxy) is 2. The van der Waals surface area contributed by atoms with Crippen LogP contribution in [0.3, 0.4) is 0 Å². The third-order valence-corrected chi connectivity index (χ3v) is 6.78. The van der Waals surface area contributed by atoms with Crippen molar-refractivity contribution in [3.05, 3.63) is 54.6 Å². The number of aromatic nitrogens is 4. The molecule has 5 rings (SSSR count). The summed E-state index contributed by atoms with van der Waals surface area (Å²) in [6.07, 6.45) is 3.29. The van der Waals surface area contributed by atoms with Gasteiger partial charge in [0.2, 0.25) is 0 Å². The van der Waals surface area contributed by atoms with Gasteiger partial charge in [-0.25, -0.2) is 4.98 Å². The van der Waals surface area contributed by atoms with Gasteiger partial charge < -0.3 is 14.8 Å². The Hall–Kier alpha value is -4.57. The molecule has 0 aliphatic carbocycles. The Labute approximate surface area is 227 Å². The maximum Gasteiger partial charge on any atom is 0.405 e. The van der Waals surface area contributed by atoms with Crippen LogP contribution >= 0.6 is 0 Å². The molecule has 0 saturated carbocycles. The van der Waals surface area contributed by atoms with Crippen LogP contribution in [0.4, 0.5) is 13.2 Å². The zero-order chi connectivity index (χ0) is 28.4. The van der Waals surface area contributed by atoms with Crippen molar-refractivity contribution in [3.8, 4) is 40.0 Å². The molecule has 13 heteroatoms. The van der Waals surface area contributed by atoms with Gasteiger partial charge >= 0.3 is 6.18 Å². The van der Waals surface area contributed by atoms with E-state index in [1.54, 1.807) is 18.3 Å². The molecule has 1 amide bonds. The molecule has 1 fully saturated rings. The van der Waals surface area contributed by atoms with E-state index in [-0.39, 0.29) is 23.1 Å². The number of rotatable bonds is 9. The molecule has 1 N–H and O–H groups in total. The van der Waals surface area contributed by atoms with Crippen LogP contribution in [0.15, 0.2) is 49.1 Å². The summed E-state index contributed by atoms with van der Waals surface area (Å²) in [4.78, 5) is 19.3. The molecule has 3 aromatic heterocycles. The van der Waals surface area contributed by atoms with Gasteiger partial charge in [-0.1, -0.05) is 0 Å². The summed E-state index contributed by atoms with van der Waals surface area (Å²) in [6, 6.07) is 9.43. The zero-order valence-electron chi connectivity index (χ0n) is 21.8. The summed E-state index contributed by atoms with van der Waals surface area (Å²) in [5, 5.41) is 15.1. The number of likely N-dealkylation sites (tertiary alicyclic amines) is 1. The Bertz CT molecular complexity index is 1560.